The lowest BCUT2D eigenvalue weighted by Crippen LogP contribution is -2.38. The van der Waals surface area contributed by atoms with Crippen LogP contribution in [0, 0.1) is 18.3 Å². The van der Waals surface area contributed by atoms with E-state index in [2.05, 4.69) is 21.4 Å². The van der Waals surface area contributed by atoms with E-state index >= 15 is 0 Å². The lowest BCUT2D eigenvalue weighted by atomic mass is 10.1. The van der Waals surface area contributed by atoms with Gasteiger partial charge in [-0.05, 0) is 55.3 Å². The number of nitrogens with zero attached hydrogens (tertiary/aromatic N) is 2. The number of rotatable bonds is 6. The molecule has 1 aliphatic rings. The Morgan fingerprint density at radius 3 is 3.13 bits per heavy atom. The largest absolute Gasteiger partial charge is 0.486 e. The molecule has 3 heterocycles. The molecular weight excluding hydrogens is 380 g/mol. The summed E-state index contributed by atoms with van der Waals surface area (Å²) in [4.78, 5) is 7.63. The van der Waals surface area contributed by atoms with E-state index in [-0.39, 0.29) is 6.10 Å². The summed E-state index contributed by atoms with van der Waals surface area (Å²) < 4.78 is 17.7. The molecule has 0 saturated heterocycles. The Hall–Kier alpha value is -3.50. The minimum Gasteiger partial charge on any atom is -0.486 e. The van der Waals surface area contributed by atoms with Gasteiger partial charge in [0.1, 0.15) is 18.2 Å². The summed E-state index contributed by atoms with van der Waals surface area (Å²) in [6.45, 7) is 3.88. The second-order valence-electron chi connectivity index (χ2n) is 7.52. The zero-order valence-electron chi connectivity index (χ0n) is 16.7. The van der Waals surface area contributed by atoms with Crippen molar-refractivity contribution < 1.29 is 13.9 Å². The lowest BCUT2D eigenvalue weighted by Gasteiger charge is -2.26. The number of benzene rings is 2. The molecule has 7 heteroatoms. The zero-order chi connectivity index (χ0) is 20.5. The van der Waals surface area contributed by atoms with Gasteiger partial charge in [0.2, 0.25) is 11.3 Å². The number of nitrogens with one attached hydrogen (secondary N) is 2. The second-order valence-corrected chi connectivity index (χ2v) is 7.52. The molecule has 0 fully saturated rings. The molecule has 1 unspecified atom stereocenters. The average molecular weight is 402 g/mol. The van der Waals surface area contributed by atoms with Crippen LogP contribution >= 0.6 is 0 Å². The fourth-order valence-corrected chi connectivity index (χ4v) is 3.89. The van der Waals surface area contributed by atoms with Crippen LogP contribution in [0.15, 0.2) is 40.9 Å². The van der Waals surface area contributed by atoms with E-state index in [9.17, 15) is 0 Å². The Bertz CT molecular complexity index is 1250. The summed E-state index contributed by atoms with van der Waals surface area (Å²) in [5, 5.41) is 13.7. The van der Waals surface area contributed by atoms with Gasteiger partial charge in [0.05, 0.1) is 11.6 Å². The van der Waals surface area contributed by atoms with Crippen LogP contribution in [0.4, 0.5) is 0 Å². The van der Waals surface area contributed by atoms with Gasteiger partial charge in [-0.3, -0.25) is 0 Å². The van der Waals surface area contributed by atoms with Crippen LogP contribution in [-0.2, 0) is 6.42 Å². The van der Waals surface area contributed by atoms with Crippen molar-refractivity contribution in [2.75, 3.05) is 19.7 Å². The topological polar surface area (TPSA) is 96.1 Å². The van der Waals surface area contributed by atoms with Gasteiger partial charge in [-0.1, -0.05) is 0 Å². The Kier molecular flexibility index (Phi) is 4.77. The summed E-state index contributed by atoms with van der Waals surface area (Å²) in [5.41, 5.74) is 4.41. The van der Waals surface area contributed by atoms with E-state index in [1.807, 2.05) is 43.5 Å². The van der Waals surface area contributed by atoms with Gasteiger partial charge in [-0.15, -0.1) is 0 Å². The first-order valence-electron chi connectivity index (χ1n) is 10.1. The molecule has 1 atom stereocenters. The van der Waals surface area contributed by atoms with E-state index in [4.69, 9.17) is 19.2 Å². The summed E-state index contributed by atoms with van der Waals surface area (Å²) >= 11 is 0. The molecule has 4 aromatic rings. The molecule has 0 amide bonds. The molecular formula is C23H22N4O3. The van der Waals surface area contributed by atoms with Crippen molar-refractivity contribution in [2.45, 2.75) is 25.9 Å². The fourth-order valence-electron chi connectivity index (χ4n) is 3.89. The van der Waals surface area contributed by atoms with Gasteiger partial charge in [-0.2, -0.15) is 5.26 Å². The lowest BCUT2D eigenvalue weighted by molar-refractivity contribution is 0.0911. The van der Waals surface area contributed by atoms with Gasteiger partial charge in [0.15, 0.2) is 11.6 Å². The fraction of sp³-hybridized carbons (Fsp3) is 0.304. The minimum atomic E-state index is -0.0835. The number of H-pyrrole nitrogens is 1. The number of hydrogen-bond donors (Lipinski definition) is 2. The maximum absolute atomic E-state index is 9.11. The van der Waals surface area contributed by atoms with E-state index in [0.29, 0.717) is 41.7 Å². The smallest absolute Gasteiger partial charge is 0.207 e. The first kappa shape index (κ1) is 18.5. The first-order chi connectivity index (χ1) is 14.7. The van der Waals surface area contributed by atoms with E-state index < -0.39 is 0 Å². The number of nitriles is 1. The van der Waals surface area contributed by atoms with Crippen LogP contribution in [0.1, 0.15) is 23.4 Å². The molecule has 152 valence electrons. The summed E-state index contributed by atoms with van der Waals surface area (Å²) in [7, 11) is 0. The number of oxazole rings is 1. The third kappa shape index (κ3) is 3.46. The highest BCUT2D eigenvalue weighted by Gasteiger charge is 2.25. The molecule has 30 heavy (non-hydrogen) atoms. The Balaban J connectivity index is 1.15. The summed E-state index contributed by atoms with van der Waals surface area (Å²) in [6, 6.07) is 11.7. The number of hydrogen-bond acceptors (Lipinski definition) is 6. The average Bonchev–Trinajstić information content (AvgIpc) is 3.35. The van der Waals surface area contributed by atoms with Crippen LogP contribution in [0.3, 0.4) is 0 Å². The highest BCUT2D eigenvalue weighted by atomic mass is 16.6. The van der Waals surface area contributed by atoms with Crippen LogP contribution < -0.4 is 14.8 Å². The standard InChI is InChI=1S/C23H22N4O3/c1-14-27-20-6-7-21-23(22(20)29-14)30-17(13-28-21)12-25-8-2-3-16-11-26-19-5-4-15(10-24)9-18(16)19/h4-7,9,11,17,25-26H,2-3,8,12-13H2,1H3. The van der Waals surface area contributed by atoms with Crippen LogP contribution in [-0.4, -0.2) is 35.8 Å². The highest BCUT2D eigenvalue weighted by molar-refractivity contribution is 5.84. The van der Waals surface area contributed by atoms with E-state index in [1.54, 1.807) is 0 Å². The maximum atomic E-state index is 9.11. The Morgan fingerprint density at radius 2 is 2.23 bits per heavy atom. The minimum absolute atomic E-state index is 0.0835. The van der Waals surface area contributed by atoms with Gasteiger partial charge in [0, 0.05) is 30.6 Å². The molecule has 0 saturated carbocycles. The molecule has 2 N–H and O–H groups in total. The molecule has 0 radical (unpaired) electrons. The van der Waals surface area contributed by atoms with Crippen LogP contribution in [0.5, 0.6) is 11.5 Å². The quantitative estimate of drug-likeness (QED) is 0.476. The SMILES string of the molecule is Cc1nc2ccc3c(c2o1)OC(CNCCCc1c[nH]c2ccc(C#N)cc12)CO3. The van der Waals surface area contributed by atoms with Gasteiger partial charge in [0.25, 0.3) is 0 Å². The molecule has 5 rings (SSSR count). The van der Waals surface area contributed by atoms with Crippen molar-refractivity contribution in [1.82, 2.24) is 15.3 Å². The van der Waals surface area contributed by atoms with E-state index in [0.717, 1.165) is 35.8 Å². The zero-order valence-corrected chi connectivity index (χ0v) is 16.7. The predicted molar refractivity (Wildman–Crippen MR) is 113 cm³/mol. The van der Waals surface area contributed by atoms with Crippen LogP contribution in [0.2, 0.25) is 0 Å². The Labute approximate surface area is 173 Å². The Morgan fingerprint density at radius 1 is 1.30 bits per heavy atom. The van der Waals surface area contributed by atoms with Crippen molar-refractivity contribution in [3.8, 4) is 17.6 Å². The van der Waals surface area contributed by atoms with Crippen molar-refractivity contribution in [3.05, 3.63) is 53.5 Å². The molecule has 2 aromatic heterocycles. The number of aromatic nitrogens is 2. The van der Waals surface area contributed by atoms with Crippen molar-refractivity contribution in [3.63, 3.8) is 0 Å². The number of aromatic amines is 1. The molecule has 2 aromatic carbocycles. The third-order valence-corrected chi connectivity index (χ3v) is 5.36. The first-order valence-corrected chi connectivity index (χ1v) is 10.1. The number of aryl methyl sites for hydroxylation is 2. The second kappa shape index (κ2) is 7.73. The maximum Gasteiger partial charge on any atom is 0.207 e. The molecule has 0 spiro atoms. The number of ether oxygens (including phenoxy) is 2. The van der Waals surface area contributed by atoms with Gasteiger partial charge >= 0.3 is 0 Å². The predicted octanol–water partition coefficient (Wildman–Crippen LogP) is 3.85. The monoisotopic (exact) mass is 402 g/mol. The van der Waals surface area contributed by atoms with Gasteiger partial charge < -0.3 is 24.2 Å². The summed E-state index contributed by atoms with van der Waals surface area (Å²) in [5.74, 6) is 1.95. The summed E-state index contributed by atoms with van der Waals surface area (Å²) in [6.07, 6.45) is 3.87. The van der Waals surface area contributed by atoms with Crippen molar-refractivity contribution >= 4 is 22.0 Å². The van der Waals surface area contributed by atoms with Crippen molar-refractivity contribution in [2.24, 2.45) is 0 Å². The molecule has 0 bridgehead atoms. The molecule has 1 aliphatic heterocycles. The molecule has 7 nitrogen and oxygen atoms in total. The highest BCUT2D eigenvalue weighted by Crippen LogP contribution is 2.39. The number of fused-ring (bicyclic) bond motifs is 4. The van der Waals surface area contributed by atoms with Crippen LogP contribution in [0.25, 0.3) is 22.0 Å². The normalized spacial score (nSPS) is 15.5. The van der Waals surface area contributed by atoms with E-state index in [1.165, 1.54) is 5.56 Å². The molecule has 0 aliphatic carbocycles. The van der Waals surface area contributed by atoms with Crippen molar-refractivity contribution in [1.29, 1.82) is 5.26 Å². The van der Waals surface area contributed by atoms with Gasteiger partial charge in [-0.25, -0.2) is 4.98 Å². The third-order valence-electron chi connectivity index (χ3n) is 5.36.